The number of carbonyl (C=O) groups is 2. The Balaban J connectivity index is 2.60. The van der Waals surface area contributed by atoms with Gasteiger partial charge in [0.1, 0.15) is 0 Å². The summed E-state index contributed by atoms with van der Waals surface area (Å²) in [6.07, 6.45) is 10.3. The van der Waals surface area contributed by atoms with Crippen molar-refractivity contribution in [2.75, 3.05) is 0 Å². The van der Waals surface area contributed by atoms with Crippen molar-refractivity contribution in [3.63, 3.8) is 0 Å². The van der Waals surface area contributed by atoms with E-state index >= 15 is 0 Å². The molecule has 1 fully saturated rings. The molecule has 0 aromatic carbocycles. The lowest BCUT2D eigenvalue weighted by Crippen LogP contribution is -2.13. The normalized spacial score (nSPS) is 16.8. The standard InChI is InChI=1S/C17H26O4/c1-13(2)16(18)20-21-17(19)14(3)15-11-9-7-5-4-6-8-10-12-15/h1,4-12H2,2-3H3. The van der Waals surface area contributed by atoms with E-state index in [2.05, 4.69) is 16.4 Å². The van der Waals surface area contributed by atoms with E-state index in [9.17, 15) is 9.59 Å². The zero-order chi connectivity index (χ0) is 15.7. The predicted molar refractivity (Wildman–Crippen MR) is 81.3 cm³/mol. The van der Waals surface area contributed by atoms with Crippen LogP contribution in [-0.2, 0) is 19.4 Å². The van der Waals surface area contributed by atoms with Gasteiger partial charge in [0.15, 0.2) is 0 Å². The minimum absolute atomic E-state index is 0.201. The second-order valence-electron chi connectivity index (χ2n) is 5.73. The summed E-state index contributed by atoms with van der Waals surface area (Å²) in [6, 6.07) is 0. The van der Waals surface area contributed by atoms with Gasteiger partial charge in [0.05, 0.1) is 0 Å². The Kier molecular flexibility index (Phi) is 7.80. The van der Waals surface area contributed by atoms with E-state index in [1.165, 1.54) is 39.0 Å². The number of rotatable bonds is 2. The van der Waals surface area contributed by atoms with Gasteiger partial charge in [-0.1, -0.05) is 44.3 Å². The Labute approximate surface area is 127 Å². The molecule has 0 atom stereocenters. The van der Waals surface area contributed by atoms with E-state index < -0.39 is 11.9 Å². The van der Waals surface area contributed by atoms with E-state index in [0.717, 1.165) is 31.3 Å². The van der Waals surface area contributed by atoms with Crippen LogP contribution in [0.4, 0.5) is 0 Å². The van der Waals surface area contributed by atoms with Crippen LogP contribution >= 0.6 is 0 Å². The summed E-state index contributed by atoms with van der Waals surface area (Å²) in [4.78, 5) is 32.2. The van der Waals surface area contributed by atoms with E-state index in [-0.39, 0.29) is 5.57 Å². The molecule has 0 bridgehead atoms. The molecule has 118 valence electrons. The summed E-state index contributed by atoms with van der Waals surface area (Å²) < 4.78 is 0. The Morgan fingerprint density at radius 2 is 1.24 bits per heavy atom. The van der Waals surface area contributed by atoms with E-state index in [1.807, 2.05) is 0 Å². The van der Waals surface area contributed by atoms with Crippen molar-refractivity contribution < 1.29 is 19.4 Å². The summed E-state index contributed by atoms with van der Waals surface area (Å²) in [5.74, 6) is -1.29. The van der Waals surface area contributed by atoms with Gasteiger partial charge in [-0.2, -0.15) is 0 Å². The Bertz CT molecular complexity index is 409. The molecule has 1 rings (SSSR count). The van der Waals surface area contributed by atoms with Crippen molar-refractivity contribution in [1.29, 1.82) is 0 Å². The molecule has 0 saturated heterocycles. The lowest BCUT2D eigenvalue weighted by molar-refractivity contribution is -0.252. The fourth-order valence-corrected chi connectivity index (χ4v) is 2.41. The molecule has 0 aromatic heterocycles. The third-order valence-electron chi connectivity index (χ3n) is 3.84. The second kappa shape index (κ2) is 9.37. The predicted octanol–water partition coefficient (Wildman–Crippen LogP) is 4.40. The highest BCUT2D eigenvalue weighted by atomic mass is 17.2. The number of allylic oxidation sites excluding steroid dienone is 1. The van der Waals surface area contributed by atoms with Crippen LogP contribution in [0.25, 0.3) is 0 Å². The number of hydrogen-bond donors (Lipinski definition) is 0. The number of hydrogen-bond acceptors (Lipinski definition) is 4. The van der Waals surface area contributed by atoms with Crippen molar-refractivity contribution in [1.82, 2.24) is 0 Å². The topological polar surface area (TPSA) is 52.6 Å². The van der Waals surface area contributed by atoms with Crippen LogP contribution in [0.2, 0.25) is 0 Å². The van der Waals surface area contributed by atoms with Gasteiger partial charge < -0.3 is 0 Å². The fourth-order valence-electron chi connectivity index (χ4n) is 2.41. The third-order valence-corrected chi connectivity index (χ3v) is 3.84. The number of carbonyl (C=O) groups excluding carboxylic acids is 2. The molecular weight excluding hydrogens is 268 g/mol. The zero-order valence-corrected chi connectivity index (χ0v) is 13.2. The third kappa shape index (κ3) is 6.61. The molecule has 0 spiro atoms. The van der Waals surface area contributed by atoms with Crippen molar-refractivity contribution in [3.05, 3.63) is 23.3 Å². The Hall–Kier alpha value is -1.58. The quantitative estimate of drug-likeness (QED) is 0.430. The summed E-state index contributed by atoms with van der Waals surface area (Å²) in [6.45, 7) is 6.68. The molecule has 0 radical (unpaired) electrons. The first-order valence-corrected chi connectivity index (χ1v) is 7.79. The summed E-state index contributed by atoms with van der Waals surface area (Å²) in [7, 11) is 0. The highest BCUT2D eigenvalue weighted by molar-refractivity contribution is 5.90. The van der Waals surface area contributed by atoms with Crippen LogP contribution in [0.15, 0.2) is 23.3 Å². The molecular formula is C17H26O4. The van der Waals surface area contributed by atoms with Crippen molar-refractivity contribution in [2.45, 2.75) is 71.6 Å². The Morgan fingerprint density at radius 3 is 1.71 bits per heavy atom. The molecule has 0 unspecified atom stereocenters. The van der Waals surface area contributed by atoms with Gasteiger partial charge >= 0.3 is 11.9 Å². The van der Waals surface area contributed by atoms with Crippen LogP contribution in [0.3, 0.4) is 0 Å². The molecule has 4 heteroatoms. The maximum Gasteiger partial charge on any atom is 0.382 e. The van der Waals surface area contributed by atoms with Gasteiger partial charge in [-0.3, -0.25) is 0 Å². The molecule has 0 N–H and O–H groups in total. The van der Waals surface area contributed by atoms with Crippen molar-refractivity contribution in [2.24, 2.45) is 0 Å². The molecule has 4 nitrogen and oxygen atoms in total. The molecule has 0 aliphatic heterocycles. The minimum Gasteiger partial charge on any atom is -0.242 e. The lowest BCUT2D eigenvalue weighted by Gasteiger charge is -2.13. The average molecular weight is 294 g/mol. The molecule has 0 amide bonds. The summed E-state index contributed by atoms with van der Waals surface area (Å²) in [5, 5.41) is 0. The first-order chi connectivity index (χ1) is 10.0. The van der Waals surface area contributed by atoms with Crippen molar-refractivity contribution in [3.8, 4) is 0 Å². The Morgan fingerprint density at radius 1 is 0.810 bits per heavy atom. The summed E-state index contributed by atoms with van der Waals surface area (Å²) >= 11 is 0. The first-order valence-electron chi connectivity index (χ1n) is 7.79. The van der Waals surface area contributed by atoms with Gasteiger partial charge in [0, 0.05) is 11.1 Å². The highest BCUT2D eigenvalue weighted by Gasteiger charge is 2.16. The largest absolute Gasteiger partial charge is 0.382 e. The van der Waals surface area contributed by atoms with Crippen LogP contribution in [-0.4, -0.2) is 11.9 Å². The van der Waals surface area contributed by atoms with Gasteiger partial charge in [0.2, 0.25) is 0 Å². The minimum atomic E-state index is -0.716. The highest BCUT2D eigenvalue weighted by Crippen LogP contribution is 2.24. The van der Waals surface area contributed by atoms with Gasteiger partial charge in [-0.25, -0.2) is 19.4 Å². The van der Waals surface area contributed by atoms with Crippen molar-refractivity contribution >= 4 is 11.9 Å². The van der Waals surface area contributed by atoms with E-state index in [0.29, 0.717) is 5.57 Å². The van der Waals surface area contributed by atoms with Crippen LogP contribution < -0.4 is 0 Å². The molecule has 1 aliphatic carbocycles. The van der Waals surface area contributed by atoms with E-state index in [1.54, 1.807) is 6.92 Å². The van der Waals surface area contributed by atoms with Crippen LogP contribution in [0.5, 0.6) is 0 Å². The smallest absolute Gasteiger partial charge is 0.242 e. The average Bonchev–Trinajstić information content (AvgIpc) is 2.48. The molecule has 0 heterocycles. The van der Waals surface area contributed by atoms with Gasteiger partial charge in [-0.15, -0.1) is 0 Å². The van der Waals surface area contributed by atoms with Gasteiger partial charge in [0.25, 0.3) is 0 Å². The van der Waals surface area contributed by atoms with Crippen LogP contribution in [0, 0.1) is 0 Å². The molecule has 1 aliphatic rings. The van der Waals surface area contributed by atoms with E-state index in [4.69, 9.17) is 0 Å². The second-order valence-corrected chi connectivity index (χ2v) is 5.73. The zero-order valence-electron chi connectivity index (χ0n) is 13.2. The molecule has 21 heavy (non-hydrogen) atoms. The lowest BCUT2D eigenvalue weighted by atomic mass is 9.94. The fraction of sp³-hybridized carbons (Fsp3) is 0.647. The summed E-state index contributed by atoms with van der Waals surface area (Å²) in [5.41, 5.74) is 1.91. The maximum atomic E-state index is 11.9. The van der Waals surface area contributed by atoms with Crippen LogP contribution in [0.1, 0.15) is 71.6 Å². The monoisotopic (exact) mass is 294 g/mol. The SMILES string of the molecule is C=C(C)C(=O)OOC(=O)C(C)=C1CCCCCCCCC1. The molecule has 0 aromatic rings. The first kappa shape index (κ1) is 17.5. The maximum absolute atomic E-state index is 11.9. The van der Waals surface area contributed by atoms with Gasteiger partial charge in [-0.05, 0) is 39.5 Å². The molecule has 1 saturated carbocycles.